The zero-order valence-corrected chi connectivity index (χ0v) is 10.6. The average molecular weight is 274 g/mol. The number of rotatable bonds is 5. The van der Waals surface area contributed by atoms with E-state index in [1.807, 2.05) is 6.07 Å². The number of carbonyl (C=O) groups is 2. The van der Waals surface area contributed by atoms with Crippen LogP contribution < -0.4 is 16.4 Å². The van der Waals surface area contributed by atoms with E-state index < -0.39 is 18.0 Å². The van der Waals surface area contributed by atoms with Gasteiger partial charge in [0.05, 0.1) is 6.04 Å². The highest BCUT2D eigenvalue weighted by molar-refractivity contribution is 5.94. The first-order valence-corrected chi connectivity index (χ1v) is 6.05. The monoisotopic (exact) mass is 274 g/mol. The predicted molar refractivity (Wildman–Crippen MR) is 71.2 cm³/mol. The summed E-state index contributed by atoms with van der Waals surface area (Å²) < 4.78 is 0. The Morgan fingerprint density at radius 3 is 2.80 bits per heavy atom. The smallest absolute Gasteiger partial charge is 0.245 e. The third kappa shape index (κ3) is 2.87. The van der Waals surface area contributed by atoms with Crippen molar-refractivity contribution in [1.82, 2.24) is 10.6 Å². The van der Waals surface area contributed by atoms with Gasteiger partial charge in [-0.25, -0.2) is 0 Å². The molecule has 1 fully saturated rings. The van der Waals surface area contributed by atoms with Gasteiger partial charge >= 0.3 is 0 Å². The van der Waals surface area contributed by atoms with E-state index in [1.54, 1.807) is 24.3 Å². The molecular weight excluding hydrogens is 260 g/mol. The molecule has 3 atom stereocenters. The molecule has 0 bridgehead atoms. The second-order valence-corrected chi connectivity index (χ2v) is 4.40. The largest absolute Gasteiger partial charge is 0.349 e. The fourth-order valence-corrected chi connectivity index (χ4v) is 1.94. The maximum Gasteiger partial charge on any atom is 0.245 e. The predicted octanol–water partition coefficient (Wildman–Crippen LogP) is -0.0201. The molecule has 0 aromatic heterocycles. The Labute approximate surface area is 115 Å². The van der Waals surface area contributed by atoms with E-state index in [1.165, 1.54) is 0 Å². The zero-order valence-electron chi connectivity index (χ0n) is 10.6. The molecule has 1 unspecified atom stereocenters. The Hall–Kier alpha value is -2.57. The number of amides is 2. The highest BCUT2D eigenvalue weighted by Crippen LogP contribution is 2.12. The van der Waals surface area contributed by atoms with Crippen LogP contribution in [0, 0.1) is 0 Å². The number of azide groups is 1. The second-order valence-electron chi connectivity index (χ2n) is 4.40. The minimum absolute atomic E-state index is 0.0910. The van der Waals surface area contributed by atoms with E-state index in [9.17, 15) is 9.59 Å². The summed E-state index contributed by atoms with van der Waals surface area (Å²) in [6, 6.07) is 6.93. The lowest BCUT2D eigenvalue weighted by Gasteiger charge is -2.36. The summed E-state index contributed by atoms with van der Waals surface area (Å²) in [4.78, 5) is 26.0. The number of hydrogen-bond donors (Lipinski definition) is 3. The summed E-state index contributed by atoms with van der Waals surface area (Å²) in [7, 11) is 0. The van der Waals surface area contributed by atoms with Crippen molar-refractivity contribution < 1.29 is 9.59 Å². The first-order valence-electron chi connectivity index (χ1n) is 6.05. The third-order valence-electron chi connectivity index (χ3n) is 3.09. The Morgan fingerprint density at radius 2 is 2.20 bits per heavy atom. The number of nitrogens with two attached hydrogens (primary N) is 1. The van der Waals surface area contributed by atoms with E-state index >= 15 is 0 Å². The Bertz CT molecular complexity index is 554. The molecule has 1 saturated heterocycles. The molecule has 20 heavy (non-hydrogen) atoms. The molecule has 0 saturated carbocycles. The third-order valence-corrected chi connectivity index (χ3v) is 3.09. The van der Waals surface area contributed by atoms with Gasteiger partial charge in [-0.3, -0.25) is 9.59 Å². The molecule has 0 aliphatic carbocycles. The first-order chi connectivity index (χ1) is 9.63. The van der Waals surface area contributed by atoms with E-state index in [0.717, 1.165) is 0 Å². The van der Waals surface area contributed by atoms with Gasteiger partial charge in [-0.05, 0) is 11.1 Å². The molecule has 1 aromatic carbocycles. The first kappa shape index (κ1) is 13.9. The van der Waals surface area contributed by atoms with Crippen LogP contribution >= 0.6 is 0 Å². The normalized spacial score (nSPS) is 21.9. The molecule has 1 aromatic rings. The van der Waals surface area contributed by atoms with Crippen LogP contribution in [0.3, 0.4) is 0 Å². The summed E-state index contributed by atoms with van der Waals surface area (Å²) in [5.41, 5.74) is 14.7. The quantitative estimate of drug-likeness (QED) is 0.301. The number of nitrogens with one attached hydrogen (secondary N) is 2. The number of nitrogens with zero attached hydrogens (tertiary/aromatic N) is 3. The van der Waals surface area contributed by atoms with Crippen molar-refractivity contribution in [3.05, 3.63) is 46.3 Å². The van der Waals surface area contributed by atoms with Crippen LogP contribution in [0.5, 0.6) is 0 Å². The molecule has 8 nitrogen and oxygen atoms in total. The van der Waals surface area contributed by atoms with Crippen molar-refractivity contribution in [3.63, 3.8) is 0 Å². The van der Waals surface area contributed by atoms with Gasteiger partial charge in [-0.15, -0.1) is 0 Å². The lowest BCUT2D eigenvalue weighted by molar-refractivity contribution is -0.136. The van der Waals surface area contributed by atoms with Crippen molar-refractivity contribution in [3.8, 4) is 0 Å². The zero-order chi connectivity index (χ0) is 14.5. The van der Waals surface area contributed by atoms with Crippen LogP contribution in [0.4, 0.5) is 0 Å². The van der Waals surface area contributed by atoms with Gasteiger partial charge in [0.15, 0.2) is 0 Å². The summed E-state index contributed by atoms with van der Waals surface area (Å²) in [6.07, 6.45) is 0. The molecule has 4 N–H and O–H groups in total. The number of benzene rings is 1. The molecule has 0 radical (unpaired) electrons. The van der Waals surface area contributed by atoms with Crippen LogP contribution in [0.15, 0.2) is 35.4 Å². The van der Waals surface area contributed by atoms with Crippen molar-refractivity contribution in [2.45, 2.75) is 18.1 Å². The minimum atomic E-state index is -0.843. The summed E-state index contributed by atoms with van der Waals surface area (Å²) in [5, 5.41) is 8.49. The number of β-lactam (4-membered cyclic amide) rings is 1. The van der Waals surface area contributed by atoms with Gasteiger partial charge in [0.2, 0.25) is 11.8 Å². The molecule has 1 aliphatic rings. The van der Waals surface area contributed by atoms with Gasteiger partial charge in [-0.2, -0.15) is 0 Å². The molecule has 1 heterocycles. The van der Waals surface area contributed by atoms with Gasteiger partial charge in [0.1, 0.15) is 12.1 Å². The van der Waals surface area contributed by atoms with Crippen LogP contribution in [0.2, 0.25) is 0 Å². The van der Waals surface area contributed by atoms with Crippen molar-refractivity contribution in [1.29, 1.82) is 0 Å². The Balaban J connectivity index is 1.97. The Morgan fingerprint density at radius 1 is 1.50 bits per heavy atom. The molecular formula is C12H14N6O2. The van der Waals surface area contributed by atoms with Crippen molar-refractivity contribution in [2.75, 3.05) is 6.54 Å². The van der Waals surface area contributed by atoms with Gasteiger partial charge in [0.25, 0.3) is 0 Å². The van der Waals surface area contributed by atoms with E-state index in [0.29, 0.717) is 5.56 Å². The Kier molecular flexibility index (Phi) is 4.19. The molecule has 2 amide bonds. The maximum absolute atomic E-state index is 12.0. The average Bonchev–Trinajstić information content (AvgIpc) is 2.48. The van der Waals surface area contributed by atoms with Crippen LogP contribution in [0.25, 0.3) is 10.4 Å². The molecule has 104 valence electrons. The van der Waals surface area contributed by atoms with Crippen LogP contribution in [-0.2, 0) is 9.59 Å². The second kappa shape index (κ2) is 6.05. The SMILES string of the molecule is [N-]=[N+]=NC[C@H]1NC(=O)[C@H]1NC(=O)C(N)c1ccccc1. The summed E-state index contributed by atoms with van der Waals surface area (Å²) >= 11 is 0. The fourth-order valence-electron chi connectivity index (χ4n) is 1.94. The van der Waals surface area contributed by atoms with E-state index in [2.05, 4.69) is 20.7 Å². The van der Waals surface area contributed by atoms with Crippen molar-refractivity contribution in [2.24, 2.45) is 10.8 Å². The lowest BCUT2D eigenvalue weighted by atomic mass is 9.98. The summed E-state index contributed by atoms with van der Waals surface area (Å²) in [6.45, 7) is 0.0910. The minimum Gasteiger partial charge on any atom is -0.349 e. The standard InChI is InChI=1S/C12H14N6O2/c13-9(7-4-2-1-3-5-7)11(19)17-10-8(6-15-18-14)16-12(10)20/h1-5,8-10H,6,13H2,(H,16,20)(H,17,19)/t8-,9?,10+/m1/s1. The number of carbonyl (C=O) groups excluding carboxylic acids is 2. The van der Waals surface area contributed by atoms with E-state index in [-0.39, 0.29) is 18.5 Å². The molecule has 8 heteroatoms. The fraction of sp³-hybridized carbons (Fsp3) is 0.333. The maximum atomic E-state index is 12.0. The van der Waals surface area contributed by atoms with Gasteiger partial charge in [0, 0.05) is 11.5 Å². The van der Waals surface area contributed by atoms with E-state index in [4.69, 9.17) is 11.3 Å². The highest BCUT2D eigenvalue weighted by Gasteiger charge is 2.40. The molecule has 1 aliphatic heterocycles. The van der Waals surface area contributed by atoms with Gasteiger partial charge < -0.3 is 16.4 Å². The van der Waals surface area contributed by atoms with Crippen LogP contribution in [0.1, 0.15) is 11.6 Å². The molecule has 2 rings (SSSR count). The number of hydrogen-bond acceptors (Lipinski definition) is 4. The van der Waals surface area contributed by atoms with Crippen molar-refractivity contribution >= 4 is 11.8 Å². The van der Waals surface area contributed by atoms with Gasteiger partial charge in [-0.1, -0.05) is 35.4 Å². The topological polar surface area (TPSA) is 133 Å². The lowest BCUT2D eigenvalue weighted by Crippen LogP contribution is -2.70. The highest BCUT2D eigenvalue weighted by atomic mass is 16.2. The molecule has 0 spiro atoms. The summed E-state index contributed by atoms with van der Waals surface area (Å²) in [5.74, 6) is -0.751. The van der Waals surface area contributed by atoms with Crippen LogP contribution in [-0.4, -0.2) is 30.4 Å².